The zero-order chi connectivity index (χ0) is 18.6. The number of anilines is 1. The van der Waals surface area contributed by atoms with E-state index in [2.05, 4.69) is 15.6 Å². The lowest BCUT2D eigenvalue weighted by atomic mass is 10.1. The second-order valence-corrected chi connectivity index (χ2v) is 5.79. The molecule has 0 aliphatic rings. The fourth-order valence-electron chi connectivity index (χ4n) is 2.54. The third kappa shape index (κ3) is 4.58. The number of nitrogens with zero attached hydrogens (tertiary/aromatic N) is 1. The summed E-state index contributed by atoms with van der Waals surface area (Å²) in [4.78, 5) is 16.0. The van der Waals surface area contributed by atoms with Crippen LogP contribution < -0.4 is 10.6 Å². The summed E-state index contributed by atoms with van der Waals surface area (Å²) in [5.74, 6) is -0.273. The predicted octanol–water partition coefficient (Wildman–Crippen LogP) is 3.98. The van der Waals surface area contributed by atoms with E-state index in [-0.39, 0.29) is 19.0 Å². The van der Waals surface area contributed by atoms with Gasteiger partial charge in [0.05, 0.1) is 12.1 Å². The normalized spacial score (nSPS) is 11.5. The molecule has 7 heteroatoms. The number of carbonyl (C=O) groups excluding carboxylic acids is 1. The van der Waals surface area contributed by atoms with Crippen LogP contribution in [-0.2, 0) is 17.5 Å². The van der Waals surface area contributed by atoms with E-state index in [4.69, 9.17) is 0 Å². The number of halogens is 3. The van der Waals surface area contributed by atoms with Gasteiger partial charge in [0.1, 0.15) is 0 Å². The second kappa shape index (κ2) is 7.53. The number of pyridine rings is 1. The molecule has 0 radical (unpaired) electrons. The van der Waals surface area contributed by atoms with Crippen LogP contribution in [0.1, 0.15) is 11.1 Å². The van der Waals surface area contributed by atoms with Gasteiger partial charge in [-0.05, 0) is 35.2 Å². The van der Waals surface area contributed by atoms with E-state index in [0.29, 0.717) is 11.3 Å². The number of fused-ring (bicyclic) bond motifs is 1. The van der Waals surface area contributed by atoms with Crippen LogP contribution in [0.5, 0.6) is 0 Å². The first-order chi connectivity index (χ1) is 12.4. The Bertz CT molecular complexity index is 925. The summed E-state index contributed by atoms with van der Waals surface area (Å²) in [6.45, 7) is 0.158. The number of alkyl halides is 3. The van der Waals surface area contributed by atoms with Gasteiger partial charge in [-0.3, -0.25) is 9.78 Å². The zero-order valence-electron chi connectivity index (χ0n) is 13.7. The van der Waals surface area contributed by atoms with Crippen LogP contribution in [0.4, 0.5) is 18.9 Å². The molecule has 2 aromatic carbocycles. The summed E-state index contributed by atoms with van der Waals surface area (Å²) in [7, 11) is 0. The molecule has 0 fully saturated rings. The van der Waals surface area contributed by atoms with Gasteiger partial charge in [-0.2, -0.15) is 13.2 Å². The first-order valence-corrected chi connectivity index (χ1v) is 7.92. The molecule has 3 rings (SSSR count). The number of carbonyl (C=O) groups is 1. The minimum absolute atomic E-state index is 0.00930. The maximum Gasteiger partial charge on any atom is 0.416 e. The van der Waals surface area contributed by atoms with Crippen molar-refractivity contribution in [1.29, 1.82) is 0 Å². The zero-order valence-corrected chi connectivity index (χ0v) is 13.7. The quantitative estimate of drug-likeness (QED) is 0.724. The monoisotopic (exact) mass is 359 g/mol. The number of amides is 1. The number of aromatic nitrogens is 1. The van der Waals surface area contributed by atoms with Crippen molar-refractivity contribution in [2.24, 2.45) is 0 Å². The summed E-state index contributed by atoms with van der Waals surface area (Å²) in [5.41, 5.74) is 0.410. The molecule has 1 amide bonds. The van der Waals surface area contributed by atoms with E-state index in [1.807, 2.05) is 18.2 Å². The average molecular weight is 359 g/mol. The second-order valence-electron chi connectivity index (χ2n) is 5.79. The summed E-state index contributed by atoms with van der Waals surface area (Å²) < 4.78 is 38.0. The molecule has 0 saturated carbocycles. The molecular weight excluding hydrogens is 343 g/mol. The Balaban J connectivity index is 1.54. The number of rotatable bonds is 5. The molecule has 3 aromatic rings. The molecule has 134 valence electrons. The molecule has 0 atom stereocenters. The molecule has 0 spiro atoms. The van der Waals surface area contributed by atoms with E-state index >= 15 is 0 Å². The summed E-state index contributed by atoms with van der Waals surface area (Å²) in [6.07, 6.45) is -0.971. The topological polar surface area (TPSA) is 54.0 Å². The number of benzene rings is 2. The molecule has 0 saturated heterocycles. The highest BCUT2D eigenvalue weighted by Gasteiger charge is 2.30. The molecule has 2 N–H and O–H groups in total. The predicted molar refractivity (Wildman–Crippen MR) is 93.5 cm³/mol. The molecule has 4 nitrogen and oxygen atoms in total. The lowest BCUT2D eigenvalue weighted by Crippen LogP contribution is -2.27. The van der Waals surface area contributed by atoms with Gasteiger partial charge in [0, 0.05) is 30.0 Å². The van der Waals surface area contributed by atoms with Crippen LogP contribution in [0.25, 0.3) is 10.8 Å². The SMILES string of the molecule is O=C(CNCc1cccc(C(F)(F)F)c1)Nc1ccc2cnccc2c1. The first-order valence-electron chi connectivity index (χ1n) is 7.92. The third-order valence-corrected chi connectivity index (χ3v) is 3.79. The number of nitrogens with one attached hydrogen (secondary N) is 2. The molecule has 1 heterocycles. The van der Waals surface area contributed by atoms with Crippen LogP contribution in [0.2, 0.25) is 0 Å². The van der Waals surface area contributed by atoms with Crippen LogP contribution in [0, 0.1) is 0 Å². The summed E-state index contributed by atoms with van der Waals surface area (Å²) in [5, 5.41) is 7.52. The van der Waals surface area contributed by atoms with Crippen molar-refractivity contribution in [1.82, 2.24) is 10.3 Å². The largest absolute Gasteiger partial charge is 0.416 e. The van der Waals surface area contributed by atoms with Crippen LogP contribution in [0.3, 0.4) is 0 Å². The van der Waals surface area contributed by atoms with Crippen LogP contribution >= 0.6 is 0 Å². The maximum absolute atomic E-state index is 12.7. The van der Waals surface area contributed by atoms with Crippen molar-refractivity contribution < 1.29 is 18.0 Å². The van der Waals surface area contributed by atoms with Crippen LogP contribution in [-0.4, -0.2) is 17.4 Å². The lowest BCUT2D eigenvalue weighted by molar-refractivity contribution is -0.137. The van der Waals surface area contributed by atoms with Crippen molar-refractivity contribution in [3.8, 4) is 0 Å². The summed E-state index contributed by atoms with van der Waals surface area (Å²) in [6, 6.07) is 12.3. The van der Waals surface area contributed by atoms with Gasteiger partial charge in [0.15, 0.2) is 0 Å². The summed E-state index contributed by atoms with van der Waals surface area (Å²) >= 11 is 0. The molecule has 26 heavy (non-hydrogen) atoms. The Morgan fingerprint density at radius 3 is 2.69 bits per heavy atom. The molecule has 1 aromatic heterocycles. The smallest absolute Gasteiger partial charge is 0.325 e. The minimum Gasteiger partial charge on any atom is -0.325 e. The highest BCUT2D eigenvalue weighted by atomic mass is 19.4. The minimum atomic E-state index is -4.38. The third-order valence-electron chi connectivity index (χ3n) is 3.79. The average Bonchev–Trinajstić information content (AvgIpc) is 2.61. The van der Waals surface area contributed by atoms with Crippen LogP contribution in [0.15, 0.2) is 60.9 Å². The van der Waals surface area contributed by atoms with Crippen molar-refractivity contribution >= 4 is 22.4 Å². The maximum atomic E-state index is 12.7. The Morgan fingerprint density at radius 2 is 1.88 bits per heavy atom. The Hall–Kier alpha value is -2.93. The molecule has 0 aliphatic heterocycles. The van der Waals surface area contributed by atoms with Crippen molar-refractivity contribution in [2.45, 2.75) is 12.7 Å². The highest BCUT2D eigenvalue weighted by molar-refractivity contribution is 5.95. The number of hydrogen-bond acceptors (Lipinski definition) is 3. The van der Waals surface area contributed by atoms with Gasteiger partial charge in [0.2, 0.25) is 5.91 Å². The Kier molecular flexibility index (Phi) is 5.18. The van der Waals surface area contributed by atoms with Gasteiger partial charge in [-0.15, -0.1) is 0 Å². The Morgan fingerprint density at radius 1 is 1.04 bits per heavy atom. The highest BCUT2D eigenvalue weighted by Crippen LogP contribution is 2.29. The van der Waals surface area contributed by atoms with E-state index in [1.165, 1.54) is 6.07 Å². The standard InChI is InChI=1S/C19H16F3N3O/c20-19(21,22)16-3-1-2-13(8-16)10-24-12-18(26)25-17-5-4-15-11-23-7-6-14(15)9-17/h1-9,11,24H,10,12H2,(H,25,26). The van der Waals surface area contributed by atoms with E-state index in [0.717, 1.165) is 22.9 Å². The van der Waals surface area contributed by atoms with Gasteiger partial charge in [-0.1, -0.05) is 24.3 Å². The Labute approximate surface area is 148 Å². The molecule has 0 aliphatic carbocycles. The first kappa shape index (κ1) is 17.9. The fraction of sp³-hybridized carbons (Fsp3) is 0.158. The fourth-order valence-corrected chi connectivity index (χ4v) is 2.54. The van der Waals surface area contributed by atoms with E-state index in [9.17, 15) is 18.0 Å². The van der Waals surface area contributed by atoms with Crippen molar-refractivity contribution in [3.63, 3.8) is 0 Å². The number of hydrogen-bond donors (Lipinski definition) is 2. The van der Waals surface area contributed by atoms with E-state index < -0.39 is 11.7 Å². The van der Waals surface area contributed by atoms with E-state index in [1.54, 1.807) is 24.5 Å². The molecule has 0 unspecified atom stereocenters. The molecule has 0 bridgehead atoms. The van der Waals surface area contributed by atoms with Gasteiger partial charge in [-0.25, -0.2) is 0 Å². The van der Waals surface area contributed by atoms with Gasteiger partial charge in [0.25, 0.3) is 0 Å². The van der Waals surface area contributed by atoms with Crippen molar-refractivity contribution in [3.05, 3.63) is 72.1 Å². The van der Waals surface area contributed by atoms with Gasteiger partial charge < -0.3 is 10.6 Å². The van der Waals surface area contributed by atoms with Gasteiger partial charge >= 0.3 is 6.18 Å². The molecular formula is C19H16F3N3O. The lowest BCUT2D eigenvalue weighted by Gasteiger charge is -2.10. The van der Waals surface area contributed by atoms with Crippen molar-refractivity contribution in [2.75, 3.05) is 11.9 Å².